The van der Waals surface area contributed by atoms with Gasteiger partial charge in [0.05, 0.1) is 29.9 Å². The second-order valence-electron chi connectivity index (χ2n) is 8.50. The van der Waals surface area contributed by atoms with Crippen LogP contribution in [0.25, 0.3) is 0 Å². The Morgan fingerprint density at radius 1 is 1.12 bits per heavy atom. The van der Waals surface area contributed by atoms with Gasteiger partial charge >= 0.3 is 0 Å². The lowest BCUT2D eigenvalue weighted by molar-refractivity contribution is -0.130. The number of benzene rings is 2. The van der Waals surface area contributed by atoms with E-state index in [4.69, 9.17) is 9.47 Å². The van der Waals surface area contributed by atoms with E-state index in [1.807, 2.05) is 30.3 Å². The number of fused-ring (bicyclic) bond motifs is 2. The Labute approximate surface area is 199 Å². The number of carbonyl (C=O) groups excluding carboxylic acids is 2. The number of para-hydroxylation sites is 1. The summed E-state index contributed by atoms with van der Waals surface area (Å²) in [6, 6.07) is 13.7. The molecule has 1 saturated heterocycles. The molecule has 0 saturated carbocycles. The van der Waals surface area contributed by atoms with Crippen molar-refractivity contribution in [2.75, 3.05) is 29.4 Å². The van der Waals surface area contributed by atoms with E-state index in [0.29, 0.717) is 29.8 Å². The minimum atomic E-state index is -3.47. The Bertz CT molecular complexity index is 1150. The van der Waals surface area contributed by atoms with Crippen molar-refractivity contribution < 1.29 is 27.5 Å². The third-order valence-electron chi connectivity index (χ3n) is 6.14. The van der Waals surface area contributed by atoms with Crippen molar-refractivity contribution in [3.63, 3.8) is 0 Å². The van der Waals surface area contributed by atoms with E-state index in [9.17, 15) is 18.0 Å². The molecule has 2 aliphatic rings. The van der Waals surface area contributed by atoms with Gasteiger partial charge in [0.2, 0.25) is 15.9 Å². The van der Waals surface area contributed by atoms with Gasteiger partial charge in [0.1, 0.15) is 18.5 Å². The van der Waals surface area contributed by atoms with Crippen LogP contribution >= 0.6 is 0 Å². The van der Waals surface area contributed by atoms with Gasteiger partial charge in [0.15, 0.2) is 0 Å². The molecule has 0 radical (unpaired) electrons. The first-order chi connectivity index (χ1) is 16.3. The van der Waals surface area contributed by atoms with E-state index >= 15 is 0 Å². The molecular formula is C24H29N3O6S. The number of ether oxygens (including phenoxy) is 2. The van der Waals surface area contributed by atoms with Crippen LogP contribution in [0.1, 0.15) is 36.5 Å². The van der Waals surface area contributed by atoms with Crippen LogP contribution in [0.5, 0.6) is 5.75 Å². The fraction of sp³-hybridized carbons (Fsp3) is 0.417. The number of likely N-dealkylation sites (N-methyl/N-ethyl adjacent to an activating group) is 1. The first kappa shape index (κ1) is 24.0. The Kier molecular flexibility index (Phi) is 7.08. The highest BCUT2D eigenvalue weighted by Gasteiger charge is 2.39. The summed E-state index contributed by atoms with van der Waals surface area (Å²) >= 11 is 0. The van der Waals surface area contributed by atoms with Crippen molar-refractivity contribution in [1.29, 1.82) is 0 Å². The predicted molar refractivity (Wildman–Crippen MR) is 128 cm³/mol. The fourth-order valence-electron chi connectivity index (χ4n) is 4.28. The molecule has 2 aliphatic heterocycles. The molecule has 0 spiro atoms. The third kappa shape index (κ3) is 5.51. The number of anilines is 2. The molecule has 4 rings (SSSR count). The van der Waals surface area contributed by atoms with Crippen molar-refractivity contribution in [1.82, 2.24) is 4.90 Å². The molecule has 1 fully saturated rings. The molecular weight excluding hydrogens is 458 g/mol. The van der Waals surface area contributed by atoms with Crippen LogP contribution in [-0.2, 0) is 19.6 Å². The van der Waals surface area contributed by atoms with E-state index in [-0.39, 0.29) is 48.8 Å². The molecule has 0 unspecified atom stereocenters. The fourth-order valence-corrected chi connectivity index (χ4v) is 4.91. The molecule has 0 bridgehead atoms. The largest absolute Gasteiger partial charge is 0.490 e. The number of hydrogen-bond acceptors (Lipinski definition) is 6. The first-order valence-corrected chi connectivity index (χ1v) is 13.0. The van der Waals surface area contributed by atoms with Crippen LogP contribution in [0.2, 0.25) is 0 Å². The number of carbonyl (C=O) groups is 2. The van der Waals surface area contributed by atoms with Gasteiger partial charge in [-0.25, -0.2) is 8.42 Å². The minimum absolute atomic E-state index is 0.0694. The van der Waals surface area contributed by atoms with Gasteiger partial charge in [0, 0.05) is 18.4 Å². The lowest BCUT2D eigenvalue weighted by atomic mass is 9.94. The summed E-state index contributed by atoms with van der Waals surface area (Å²) in [6.07, 6.45) is 0.847. The van der Waals surface area contributed by atoms with Crippen molar-refractivity contribution >= 4 is 33.2 Å². The van der Waals surface area contributed by atoms with Crippen molar-refractivity contribution in [3.8, 4) is 5.75 Å². The van der Waals surface area contributed by atoms with Crippen LogP contribution in [-0.4, -0.2) is 62.8 Å². The molecule has 34 heavy (non-hydrogen) atoms. The highest BCUT2D eigenvalue weighted by molar-refractivity contribution is 7.92. The highest BCUT2D eigenvalue weighted by atomic mass is 32.2. The van der Waals surface area contributed by atoms with E-state index in [2.05, 4.69) is 10.0 Å². The number of rotatable bonds is 6. The van der Waals surface area contributed by atoms with E-state index in [1.165, 1.54) is 6.07 Å². The van der Waals surface area contributed by atoms with Crippen LogP contribution in [0.4, 0.5) is 11.4 Å². The van der Waals surface area contributed by atoms with Crippen molar-refractivity contribution in [2.24, 2.45) is 0 Å². The lowest BCUT2D eigenvalue weighted by Crippen LogP contribution is -2.53. The van der Waals surface area contributed by atoms with Gasteiger partial charge in [0.25, 0.3) is 5.91 Å². The number of hydrogen-bond donors (Lipinski definition) is 2. The molecule has 2 heterocycles. The molecule has 2 amide bonds. The zero-order chi connectivity index (χ0) is 24.3. The predicted octanol–water partition coefficient (Wildman–Crippen LogP) is 2.86. The first-order valence-electron chi connectivity index (χ1n) is 11.3. The maximum atomic E-state index is 13.2. The normalized spacial score (nSPS) is 22.5. The SMILES string of the molecule is CCS(=O)(=O)Nc1ccc2c(c1)C(=O)N(C)[C@@H]1CC[C@H](CC(=O)Nc3ccccc3)O[C@H]1CO2. The number of amides is 2. The van der Waals surface area contributed by atoms with Gasteiger partial charge in [-0.2, -0.15) is 0 Å². The van der Waals surface area contributed by atoms with E-state index in [1.54, 1.807) is 31.0 Å². The third-order valence-corrected chi connectivity index (χ3v) is 7.44. The standard InChI is InChI=1S/C24H29N3O6S/c1-3-34(30,31)26-17-9-12-21-19(13-17)24(29)27(2)20-11-10-18(33-22(20)15-32-21)14-23(28)25-16-7-5-4-6-8-16/h4-9,12-13,18,20,22,26H,3,10-11,14-15H2,1-2H3,(H,25,28)/t18-,20-,22+/m1/s1. The van der Waals surface area contributed by atoms with Gasteiger partial charge in [-0.15, -0.1) is 0 Å². The molecule has 3 atom stereocenters. The highest BCUT2D eigenvalue weighted by Crippen LogP contribution is 2.32. The zero-order valence-corrected chi connectivity index (χ0v) is 20.0. The average Bonchev–Trinajstić information content (AvgIpc) is 2.82. The maximum absolute atomic E-state index is 13.2. The van der Waals surface area contributed by atoms with Gasteiger partial charge in [-0.3, -0.25) is 14.3 Å². The minimum Gasteiger partial charge on any atom is -0.490 e. The Hall–Kier alpha value is -3.11. The number of nitrogens with zero attached hydrogens (tertiary/aromatic N) is 1. The lowest BCUT2D eigenvalue weighted by Gasteiger charge is -2.42. The zero-order valence-electron chi connectivity index (χ0n) is 19.2. The smallest absolute Gasteiger partial charge is 0.257 e. The summed E-state index contributed by atoms with van der Waals surface area (Å²) in [5.41, 5.74) is 1.34. The van der Waals surface area contributed by atoms with E-state index in [0.717, 1.165) is 5.69 Å². The molecule has 10 heteroatoms. The van der Waals surface area contributed by atoms with Crippen LogP contribution in [0.15, 0.2) is 48.5 Å². The maximum Gasteiger partial charge on any atom is 0.257 e. The van der Waals surface area contributed by atoms with Crippen molar-refractivity contribution in [2.45, 2.75) is 44.4 Å². The average molecular weight is 488 g/mol. The Morgan fingerprint density at radius 3 is 2.62 bits per heavy atom. The Balaban J connectivity index is 1.45. The second kappa shape index (κ2) is 10.0. The summed E-state index contributed by atoms with van der Waals surface area (Å²) in [5, 5.41) is 2.87. The summed E-state index contributed by atoms with van der Waals surface area (Å²) in [6.45, 7) is 1.76. The van der Waals surface area contributed by atoms with Crippen LogP contribution in [0.3, 0.4) is 0 Å². The molecule has 2 N–H and O–H groups in total. The number of nitrogens with one attached hydrogen (secondary N) is 2. The molecule has 2 aromatic carbocycles. The van der Waals surface area contributed by atoms with Gasteiger partial charge in [-0.1, -0.05) is 18.2 Å². The second-order valence-corrected chi connectivity index (χ2v) is 10.5. The molecule has 182 valence electrons. The summed E-state index contributed by atoms with van der Waals surface area (Å²) in [4.78, 5) is 27.3. The topological polar surface area (TPSA) is 114 Å². The van der Waals surface area contributed by atoms with Crippen molar-refractivity contribution in [3.05, 3.63) is 54.1 Å². The quantitative estimate of drug-likeness (QED) is 0.648. The molecule has 0 aliphatic carbocycles. The number of sulfonamides is 1. The summed E-state index contributed by atoms with van der Waals surface area (Å²) in [5.74, 6) is -0.105. The monoisotopic (exact) mass is 487 g/mol. The Morgan fingerprint density at radius 2 is 1.88 bits per heavy atom. The van der Waals surface area contributed by atoms with Crippen LogP contribution < -0.4 is 14.8 Å². The van der Waals surface area contributed by atoms with E-state index < -0.39 is 10.0 Å². The molecule has 2 aromatic rings. The molecule has 9 nitrogen and oxygen atoms in total. The summed E-state index contributed by atoms with van der Waals surface area (Å²) in [7, 11) is -1.76. The molecule has 0 aromatic heterocycles. The van der Waals surface area contributed by atoms with Gasteiger partial charge < -0.3 is 19.7 Å². The van der Waals surface area contributed by atoms with Crippen LogP contribution in [0, 0.1) is 0 Å². The summed E-state index contributed by atoms with van der Waals surface area (Å²) < 4.78 is 38.4. The van der Waals surface area contributed by atoms with Gasteiger partial charge in [-0.05, 0) is 50.1 Å².